The fourth-order valence-corrected chi connectivity index (χ4v) is 10.5. The molecule has 19 atom stereocenters. The molecule has 0 bridgehead atoms. The first-order chi connectivity index (χ1) is 33.3. The van der Waals surface area contributed by atoms with Gasteiger partial charge >= 0.3 is 12.0 Å². The molecule has 5 fully saturated rings. The molecule has 27 nitrogen and oxygen atoms in total. The van der Waals surface area contributed by atoms with Gasteiger partial charge in [-0.15, -0.1) is 0 Å². The fourth-order valence-electron chi connectivity index (χ4n) is 8.94. The number of fused-ring (bicyclic) bond motifs is 1. The van der Waals surface area contributed by atoms with Crippen LogP contribution in [0.2, 0.25) is 0 Å². The van der Waals surface area contributed by atoms with Gasteiger partial charge in [0.1, 0.15) is 67.1 Å². The molecule has 0 saturated carbocycles. The van der Waals surface area contributed by atoms with Gasteiger partial charge < -0.3 is 111 Å². The number of carboxylic acids is 1. The van der Waals surface area contributed by atoms with Crippen LogP contribution in [-0.4, -0.2) is 246 Å². The van der Waals surface area contributed by atoms with E-state index in [1.807, 2.05) is 11.8 Å². The summed E-state index contributed by atoms with van der Waals surface area (Å²) in [7, 11) is 0. The van der Waals surface area contributed by atoms with Crippen LogP contribution in [0.25, 0.3) is 0 Å². The van der Waals surface area contributed by atoms with Gasteiger partial charge in [-0.2, -0.15) is 11.8 Å². The minimum atomic E-state index is -2.86. The van der Waals surface area contributed by atoms with Crippen molar-refractivity contribution in [1.82, 2.24) is 26.6 Å². The van der Waals surface area contributed by atoms with Crippen molar-refractivity contribution >= 4 is 41.5 Å². The first-order valence-corrected chi connectivity index (χ1v) is 24.6. The Morgan fingerprint density at radius 3 is 2.14 bits per heavy atom. The second-order valence-electron chi connectivity index (χ2n) is 18.1. The molecule has 5 saturated heterocycles. The molecule has 0 aromatic carbocycles. The monoisotopic (exact) mass is 1030 g/mol. The summed E-state index contributed by atoms with van der Waals surface area (Å²) in [6, 6.07) is -1.29. The molecule has 28 heteroatoms. The van der Waals surface area contributed by atoms with Gasteiger partial charge in [0.25, 0.3) is 5.79 Å². The number of thioether (sulfide) groups is 1. The molecule has 5 rings (SSSR count). The highest BCUT2D eigenvalue weighted by atomic mass is 32.2. The van der Waals surface area contributed by atoms with Gasteiger partial charge in [0.2, 0.25) is 17.7 Å². The van der Waals surface area contributed by atoms with E-state index in [1.165, 1.54) is 0 Å². The van der Waals surface area contributed by atoms with E-state index in [0.717, 1.165) is 38.4 Å². The Kier molecular flexibility index (Phi) is 22.5. The van der Waals surface area contributed by atoms with Crippen LogP contribution in [0.15, 0.2) is 0 Å². The van der Waals surface area contributed by atoms with Crippen molar-refractivity contribution in [2.75, 3.05) is 45.3 Å². The van der Waals surface area contributed by atoms with Crippen LogP contribution < -0.4 is 26.6 Å². The third-order valence-electron chi connectivity index (χ3n) is 12.9. The van der Waals surface area contributed by atoms with Gasteiger partial charge in [0.05, 0.1) is 50.7 Å². The molecule has 8 unspecified atom stereocenters. The second-order valence-corrected chi connectivity index (χ2v) is 19.4. The van der Waals surface area contributed by atoms with E-state index in [4.69, 9.17) is 28.4 Å². The highest BCUT2D eigenvalue weighted by molar-refractivity contribution is 8.00. The number of amides is 5. The number of carboxylic acid groups (broad SMARTS) is 1. The van der Waals surface area contributed by atoms with E-state index in [2.05, 4.69) is 26.6 Å². The summed E-state index contributed by atoms with van der Waals surface area (Å²) in [6.45, 7) is -1.16. The average Bonchev–Trinajstić information content (AvgIpc) is 3.89. The van der Waals surface area contributed by atoms with Gasteiger partial charge in [0, 0.05) is 50.3 Å². The Bertz CT molecular complexity index is 1710. The summed E-state index contributed by atoms with van der Waals surface area (Å²) in [4.78, 5) is 60.6. The number of aliphatic carboxylic acids is 1. The van der Waals surface area contributed by atoms with Crippen LogP contribution in [0, 0.1) is 0 Å². The molecule has 5 aliphatic rings. The Labute approximate surface area is 407 Å². The number of urea groups is 1. The molecule has 0 spiro atoms. The molecule has 0 aliphatic carbocycles. The summed E-state index contributed by atoms with van der Waals surface area (Å²) < 4.78 is 33.6. The van der Waals surface area contributed by atoms with Crippen molar-refractivity contribution < 1.29 is 109 Å². The van der Waals surface area contributed by atoms with Gasteiger partial charge in [-0.05, 0) is 32.1 Å². The second kappa shape index (κ2) is 27.2. The van der Waals surface area contributed by atoms with E-state index in [1.54, 1.807) is 0 Å². The van der Waals surface area contributed by atoms with Crippen LogP contribution in [0.1, 0.15) is 71.1 Å². The maximum atomic E-state index is 12.6. The topological polar surface area (TPSA) is 423 Å². The molecule has 0 aromatic heterocycles. The molecule has 5 aliphatic heterocycles. The van der Waals surface area contributed by atoms with Crippen molar-refractivity contribution in [3.8, 4) is 0 Å². The molecule has 70 heavy (non-hydrogen) atoms. The third kappa shape index (κ3) is 15.2. The normalized spacial score (nSPS) is 37.1. The number of aliphatic hydroxyl groups is 10. The number of aliphatic hydroxyl groups excluding tert-OH is 10. The van der Waals surface area contributed by atoms with E-state index < -0.39 is 136 Å². The van der Waals surface area contributed by atoms with Crippen molar-refractivity contribution in [2.24, 2.45) is 0 Å². The maximum Gasteiger partial charge on any atom is 0.364 e. The molecule has 0 aromatic rings. The lowest BCUT2D eigenvalue weighted by molar-refractivity contribution is -0.367. The van der Waals surface area contributed by atoms with Gasteiger partial charge in [-0.3, -0.25) is 14.4 Å². The highest BCUT2D eigenvalue weighted by Gasteiger charge is 2.57. The first kappa shape index (κ1) is 57.8. The maximum absolute atomic E-state index is 12.6. The lowest BCUT2D eigenvalue weighted by Crippen LogP contribution is -2.68. The van der Waals surface area contributed by atoms with Crippen molar-refractivity contribution in [3.05, 3.63) is 0 Å². The van der Waals surface area contributed by atoms with Crippen molar-refractivity contribution in [3.63, 3.8) is 0 Å². The number of hydrogen-bond donors (Lipinski definition) is 16. The predicted octanol–water partition coefficient (Wildman–Crippen LogP) is -6.29. The summed E-state index contributed by atoms with van der Waals surface area (Å²) >= 11 is 1.85. The van der Waals surface area contributed by atoms with Crippen LogP contribution in [0.4, 0.5) is 4.79 Å². The van der Waals surface area contributed by atoms with Crippen molar-refractivity contribution in [2.45, 2.75) is 186 Å². The van der Waals surface area contributed by atoms with Gasteiger partial charge in [-0.25, -0.2) is 9.59 Å². The summed E-state index contributed by atoms with van der Waals surface area (Å²) in [6.07, 6.45) is -21.2. The largest absolute Gasteiger partial charge is 0.477 e. The number of hydrogen-bond acceptors (Lipinski definition) is 22. The lowest BCUT2D eigenvalue weighted by atomic mass is 9.88. The summed E-state index contributed by atoms with van der Waals surface area (Å²) in [5, 5.41) is 130. The Hall–Kier alpha value is -3.14. The molecular formula is C42H71N5O22S. The van der Waals surface area contributed by atoms with E-state index in [9.17, 15) is 80.1 Å². The molecule has 0 radical (unpaired) electrons. The first-order valence-electron chi connectivity index (χ1n) is 23.6. The van der Waals surface area contributed by atoms with Gasteiger partial charge in [0.15, 0.2) is 12.6 Å². The summed E-state index contributed by atoms with van der Waals surface area (Å²) in [5.41, 5.74) is 0. The minimum absolute atomic E-state index is 0.0179. The molecule has 5 heterocycles. The van der Waals surface area contributed by atoms with Crippen molar-refractivity contribution in [1.29, 1.82) is 0 Å². The minimum Gasteiger partial charge on any atom is -0.477 e. The number of carbonyl (C=O) groups excluding carboxylic acids is 4. The van der Waals surface area contributed by atoms with Crippen LogP contribution in [-0.2, 0) is 47.6 Å². The number of nitrogens with one attached hydrogen (secondary N) is 5. The van der Waals surface area contributed by atoms with E-state index in [-0.39, 0.29) is 55.9 Å². The molecule has 16 N–H and O–H groups in total. The number of ether oxygens (including phenoxy) is 6. The quantitative estimate of drug-likeness (QED) is 0.0269. The fraction of sp³-hybridized carbons (Fsp3) is 0.881. The Morgan fingerprint density at radius 2 is 1.49 bits per heavy atom. The Morgan fingerprint density at radius 1 is 0.829 bits per heavy atom. The SMILES string of the molecule is CC(=O)N[C@@H]1C(O)C[C@](OCC2O[C@@H](O[C@@H]3C(CO)O[C@@H](OCCCNC(=O)CCCCCNC(=O)CCCCC4SCC5NC(=O)N[C@@H]54)C(O)[C@H]3O)C(O)[C@@H](O)[C@H]2O)(C(=O)O)OC1[C@H](O)[C@H](O)CO. The van der Waals surface area contributed by atoms with Crippen LogP contribution in [0.5, 0.6) is 0 Å². The molecule has 5 amide bonds. The molecular weight excluding hydrogens is 959 g/mol. The van der Waals surface area contributed by atoms with Crippen LogP contribution >= 0.6 is 11.8 Å². The predicted molar refractivity (Wildman–Crippen MR) is 237 cm³/mol. The Balaban J connectivity index is 0.994. The lowest BCUT2D eigenvalue weighted by Gasteiger charge is -2.48. The number of carbonyl (C=O) groups is 5. The highest BCUT2D eigenvalue weighted by Crippen LogP contribution is 2.36. The summed E-state index contributed by atoms with van der Waals surface area (Å²) in [5.74, 6) is -4.80. The zero-order valence-corrected chi connectivity index (χ0v) is 39.5. The standard InChI is InChI=1S/C42H71N5O22S/c1-19(50)45-29-21(51)14-42(40(61)62,69-37(29)30(55)22(52)15-48)65-17-24-31(56)32(57)34(59)39(67-24)68-36-23(16-49)66-38(35(60)33(36)58)64-13-7-12-44-26(53)9-3-2-6-11-43-27(54)10-5-4-8-25-28-20(18-70-25)46-41(63)47-28/h20-25,28-39,48-49,51-52,55-60H,2-18H2,1H3,(H,43,54)(H,44,53)(H,45,50)(H,61,62)(H2,46,47,63)/t20?,21?,22-,23?,24?,25?,28+,29-,30-,31+,32+,33-,34?,35?,36-,37?,38-,39+,42-/m1/s1. The average molecular weight is 1030 g/mol. The smallest absolute Gasteiger partial charge is 0.364 e. The molecule has 402 valence electrons. The van der Waals surface area contributed by atoms with Gasteiger partial charge in [-0.1, -0.05) is 12.8 Å². The van der Waals surface area contributed by atoms with E-state index in [0.29, 0.717) is 31.1 Å². The van der Waals surface area contributed by atoms with Crippen LogP contribution in [0.3, 0.4) is 0 Å². The number of unbranched alkanes of at least 4 members (excludes halogenated alkanes) is 3. The number of rotatable bonds is 27. The third-order valence-corrected chi connectivity index (χ3v) is 14.4. The van der Waals surface area contributed by atoms with E-state index >= 15 is 0 Å². The zero-order valence-electron chi connectivity index (χ0n) is 38.7. The zero-order chi connectivity index (χ0) is 51.3.